The van der Waals surface area contributed by atoms with Gasteiger partial charge in [-0.2, -0.15) is 0 Å². The highest BCUT2D eigenvalue weighted by Gasteiger charge is 2.03. The Kier molecular flexibility index (Phi) is 9.68. The molecule has 2 aromatic rings. The molecule has 0 saturated carbocycles. The number of nitrogens with one attached hydrogen (secondary N) is 1. The van der Waals surface area contributed by atoms with Crippen molar-refractivity contribution in [2.45, 2.75) is 41.0 Å². The molecule has 0 saturated heterocycles. The smallest absolute Gasteiger partial charge is 0.0441 e. The minimum atomic E-state index is 0.965. The van der Waals surface area contributed by atoms with E-state index in [1.54, 1.807) is 0 Å². The van der Waals surface area contributed by atoms with E-state index in [1.165, 1.54) is 27.9 Å². The summed E-state index contributed by atoms with van der Waals surface area (Å²) in [6, 6.07) is 14.6. The van der Waals surface area contributed by atoms with E-state index < -0.39 is 0 Å². The zero-order valence-corrected chi connectivity index (χ0v) is 17.5. The number of hydrogen-bond donors (Lipinski definition) is 1. The first kappa shape index (κ1) is 22.2. The summed E-state index contributed by atoms with van der Waals surface area (Å²) in [6.45, 7) is 18.2. The first-order valence-electron chi connectivity index (χ1n) is 9.46. The lowest BCUT2D eigenvalue weighted by Gasteiger charge is -2.14. The molecular weight excluding hydrogens is 326 g/mol. The van der Waals surface area contributed by atoms with E-state index in [-0.39, 0.29) is 0 Å². The highest BCUT2D eigenvalue weighted by molar-refractivity contribution is 5.74. The summed E-state index contributed by atoms with van der Waals surface area (Å²) in [5.74, 6) is 0. The van der Waals surface area contributed by atoms with Gasteiger partial charge in [-0.25, -0.2) is 0 Å². The highest BCUT2D eigenvalue weighted by atomic mass is 14.9. The molecule has 1 nitrogen and oxygen atoms in total. The third-order valence-electron chi connectivity index (χ3n) is 4.20. The van der Waals surface area contributed by atoms with Crippen molar-refractivity contribution in [1.29, 1.82) is 0 Å². The van der Waals surface area contributed by atoms with Gasteiger partial charge in [-0.1, -0.05) is 92.4 Å². The van der Waals surface area contributed by atoms with E-state index in [0.29, 0.717) is 0 Å². The molecule has 0 aromatic heterocycles. The zero-order chi connectivity index (χ0) is 20.2. The average Bonchev–Trinajstić information content (AvgIpc) is 2.66. The minimum absolute atomic E-state index is 0.965. The van der Waals surface area contributed by atoms with Crippen LogP contribution in [0.2, 0.25) is 0 Å². The monoisotopic (exact) mass is 359 g/mol. The Hall–Kier alpha value is -2.80. The Morgan fingerprint density at radius 3 is 2.11 bits per heavy atom. The highest BCUT2D eigenvalue weighted by Crippen LogP contribution is 2.23. The van der Waals surface area contributed by atoms with Crippen molar-refractivity contribution in [1.82, 2.24) is 0 Å². The lowest BCUT2D eigenvalue weighted by Crippen LogP contribution is -2.01. The van der Waals surface area contributed by atoms with Crippen LogP contribution in [-0.2, 0) is 0 Å². The molecule has 0 radical (unpaired) electrons. The SMILES string of the molecule is C=C(CC)Nc1c(C)cc(C)cc1C.C=C/C(=C\C=C/C)c1ccccc1. The second kappa shape index (κ2) is 11.7. The molecule has 0 aliphatic heterocycles. The van der Waals surface area contributed by atoms with Gasteiger partial charge in [0.05, 0.1) is 0 Å². The number of benzene rings is 2. The van der Waals surface area contributed by atoms with E-state index in [2.05, 4.69) is 76.5 Å². The molecule has 0 amide bonds. The predicted octanol–water partition coefficient (Wildman–Crippen LogP) is 7.78. The molecule has 0 spiro atoms. The van der Waals surface area contributed by atoms with Crippen LogP contribution in [-0.4, -0.2) is 0 Å². The van der Waals surface area contributed by atoms with Crippen LogP contribution in [0.3, 0.4) is 0 Å². The Bertz CT molecular complexity index is 784. The van der Waals surface area contributed by atoms with Crippen LogP contribution in [0.1, 0.15) is 42.5 Å². The van der Waals surface area contributed by atoms with Crippen molar-refractivity contribution in [3.8, 4) is 0 Å². The first-order chi connectivity index (χ1) is 12.9. The van der Waals surface area contributed by atoms with Gasteiger partial charge in [-0.3, -0.25) is 0 Å². The van der Waals surface area contributed by atoms with Crippen LogP contribution in [0.5, 0.6) is 0 Å². The summed E-state index contributed by atoms with van der Waals surface area (Å²) in [6.07, 6.45) is 8.92. The Balaban J connectivity index is 0.000000271. The standard InChI is InChI=1S/C13H19N.C13H14/c1-6-12(5)14-13-10(3)7-9(2)8-11(13)4;1-3-5-9-12(4-2)13-10-7-6-8-11-13/h7-8,14H,5-6H2,1-4H3;3-11H,2H2,1H3/b;5-3-,12-9+. The Morgan fingerprint density at radius 2 is 1.63 bits per heavy atom. The van der Waals surface area contributed by atoms with Crippen molar-refractivity contribution in [3.05, 3.63) is 108 Å². The summed E-state index contributed by atoms with van der Waals surface area (Å²) < 4.78 is 0. The number of anilines is 1. The molecule has 2 rings (SSSR count). The maximum absolute atomic E-state index is 3.96. The zero-order valence-electron chi connectivity index (χ0n) is 17.5. The molecule has 0 fully saturated rings. The summed E-state index contributed by atoms with van der Waals surface area (Å²) in [7, 11) is 0. The van der Waals surface area contributed by atoms with E-state index in [9.17, 15) is 0 Å². The second-order valence-corrected chi connectivity index (χ2v) is 6.57. The van der Waals surface area contributed by atoms with E-state index in [4.69, 9.17) is 0 Å². The number of hydrogen-bond acceptors (Lipinski definition) is 1. The van der Waals surface area contributed by atoms with Crippen LogP contribution in [0, 0.1) is 20.8 Å². The molecular formula is C26H33N. The van der Waals surface area contributed by atoms with Gasteiger partial charge in [-0.15, -0.1) is 0 Å². The third-order valence-corrected chi connectivity index (χ3v) is 4.20. The molecule has 0 aliphatic rings. The van der Waals surface area contributed by atoms with Gasteiger partial charge in [0.2, 0.25) is 0 Å². The van der Waals surface area contributed by atoms with Gasteiger partial charge in [0, 0.05) is 11.4 Å². The summed E-state index contributed by atoms with van der Waals surface area (Å²) in [5.41, 5.74) is 8.53. The van der Waals surface area contributed by atoms with Crippen molar-refractivity contribution in [3.63, 3.8) is 0 Å². The van der Waals surface area contributed by atoms with E-state index in [1.807, 2.05) is 43.4 Å². The number of aryl methyl sites for hydroxylation is 3. The summed E-state index contributed by atoms with van der Waals surface area (Å²) >= 11 is 0. The summed E-state index contributed by atoms with van der Waals surface area (Å²) in [5, 5.41) is 3.36. The van der Waals surface area contributed by atoms with Crippen LogP contribution < -0.4 is 5.32 Å². The molecule has 0 heterocycles. The average molecular weight is 360 g/mol. The molecule has 1 heteroatoms. The lowest BCUT2D eigenvalue weighted by atomic mass is 10.0. The first-order valence-corrected chi connectivity index (χ1v) is 9.46. The van der Waals surface area contributed by atoms with Crippen molar-refractivity contribution in [2.24, 2.45) is 0 Å². The molecule has 2 aromatic carbocycles. The molecule has 0 bridgehead atoms. The van der Waals surface area contributed by atoms with Crippen LogP contribution in [0.15, 0.2) is 85.6 Å². The minimum Gasteiger partial charge on any atom is -0.359 e. The molecule has 142 valence electrons. The fourth-order valence-electron chi connectivity index (χ4n) is 2.75. The molecule has 0 aliphatic carbocycles. The normalized spacial score (nSPS) is 10.9. The van der Waals surface area contributed by atoms with Crippen LogP contribution >= 0.6 is 0 Å². The molecule has 27 heavy (non-hydrogen) atoms. The number of rotatable bonds is 6. The van der Waals surface area contributed by atoms with Gasteiger partial charge in [0.25, 0.3) is 0 Å². The molecule has 0 unspecified atom stereocenters. The topological polar surface area (TPSA) is 12.0 Å². The van der Waals surface area contributed by atoms with Crippen molar-refractivity contribution >= 4 is 11.3 Å². The van der Waals surface area contributed by atoms with Gasteiger partial charge in [0.1, 0.15) is 0 Å². The van der Waals surface area contributed by atoms with Gasteiger partial charge >= 0.3 is 0 Å². The summed E-state index contributed by atoms with van der Waals surface area (Å²) in [4.78, 5) is 0. The fraction of sp³-hybridized carbons (Fsp3) is 0.231. The molecule has 0 atom stereocenters. The lowest BCUT2D eigenvalue weighted by molar-refractivity contribution is 1.11. The van der Waals surface area contributed by atoms with Gasteiger partial charge in [-0.05, 0) is 56.4 Å². The quantitative estimate of drug-likeness (QED) is 0.519. The Labute approximate surface area is 165 Å². The third kappa shape index (κ3) is 7.53. The van der Waals surface area contributed by atoms with Crippen LogP contribution in [0.4, 0.5) is 5.69 Å². The van der Waals surface area contributed by atoms with E-state index in [0.717, 1.165) is 17.7 Å². The van der Waals surface area contributed by atoms with Crippen molar-refractivity contribution in [2.75, 3.05) is 5.32 Å². The van der Waals surface area contributed by atoms with E-state index >= 15 is 0 Å². The van der Waals surface area contributed by atoms with Gasteiger partial charge < -0.3 is 5.32 Å². The number of allylic oxidation sites excluding steroid dienone is 6. The second-order valence-electron chi connectivity index (χ2n) is 6.57. The van der Waals surface area contributed by atoms with Gasteiger partial charge in [0.15, 0.2) is 0 Å². The maximum atomic E-state index is 3.96. The maximum Gasteiger partial charge on any atom is 0.0441 e. The largest absolute Gasteiger partial charge is 0.359 e. The molecule has 1 N–H and O–H groups in total. The van der Waals surface area contributed by atoms with Crippen LogP contribution in [0.25, 0.3) is 5.57 Å². The fourth-order valence-corrected chi connectivity index (χ4v) is 2.75. The van der Waals surface area contributed by atoms with Crippen molar-refractivity contribution < 1.29 is 0 Å². The Morgan fingerprint density at radius 1 is 1.04 bits per heavy atom. The predicted molar refractivity (Wildman–Crippen MR) is 123 cm³/mol.